The lowest BCUT2D eigenvalue weighted by Crippen LogP contribution is -2.84. The molecule has 5 heterocycles. The third-order valence-electron chi connectivity index (χ3n) is 17.8. The van der Waals surface area contributed by atoms with Crippen molar-refractivity contribution < 1.29 is 0 Å². The van der Waals surface area contributed by atoms with Crippen molar-refractivity contribution in [2.24, 2.45) is 0 Å². The molecule has 0 N–H and O–H groups in total. The Hall–Kier alpha value is -9.46. The van der Waals surface area contributed by atoms with Crippen LogP contribution in [0.2, 0.25) is 0 Å². The van der Waals surface area contributed by atoms with Crippen LogP contribution in [0.4, 0.5) is 17.1 Å². The van der Waals surface area contributed by atoms with Crippen LogP contribution < -0.4 is 62.8 Å². The molecular weight excluding hydrogens is 974 g/mol. The van der Waals surface area contributed by atoms with Crippen LogP contribution >= 0.6 is 0 Å². The van der Waals surface area contributed by atoms with Crippen LogP contribution in [0.1, 0.15) is 0 Å². The van der Waals surface area contributed by atoms with E-state index in [1.165, 1.54) is 130 Å². The predicted octanol–water partition coefficient (Wildman–Crippen LogP) is 9.56. The first-order valence-corrected chi connectivity index (χ1v) is 31.3. The average molecular weight is 1020 g/mol. The van der Waals surface area contributed by atoms with Crippen LogP contribution in [0.25, 0.3) is 55.0 Å². The molecule has 0 fully saturated rings. The molecule has 6 heteroatoms. The van der Waals surface area contributed by atoms with Crippen LogP contribution in [0.15, 0.2) is 291 Å². The van der Waals surface area contributed by atoms with Gasteiger partial charge in [0.2, 0.25) is 6.71 Å². The van der Waals surface area contributed by atoms with Gasteiger partial charge in [-0.05, 0) is 101 Å². The molecule has 78 heavy (non-hydrogen) atoms. The maximum atomic E-state index is 2.82. The second-order valence-corrected chi connectivity index (χ2v) is 28.9. The Balaban J connectivity index is 1.13. The van der Waals surface area contributed by atoms with Gasteiger partial charge in [-0.25, -0.2) is 0 Å². The van der Waals surface area contributed by atoms with Gasteiger partial charge in [-0.15, -0.1) is 0 Å². The Bertz CT molecular complexity index is 4280. The molecule has 0 radical (unpaired) electrons. The number of fused-ring (bicyclic) bond motifs is 6. The number of nitrogens with zero attached hydrogens (tertiary/aromatic N) is 3. The lowest BCUT2D eigenvalue weighted by atomic mass is 9.35. The molecule has 0 atom stereocenters. The normalized spacial score (nSPS) is 14.3. The molecule has 2 aromatic heterocycles. The highest BCUT2D eigenvalue weighted by atomic mass is 28.3. The number of rotatable bonds is 7. The third-order valence-corrected chi connectivity index (χ3v) is 27.4. The first-order chi connectivity index (χ1) is 38.7. The molecular formula is C72H48BN3Si2. The lowest BCUT2D eigenvalue weighted by molar-refractivity contribution is 1.17. The zero-order valence-electron chi connectivity index (χ0n) is 42.6. The maximum Gasteiger partial charge on any atom is 0.246 e. The van der Waals surface area contributed by atoms with Gasteiger partial charge in [0, 0.05) is 50.0 Å². The fourth-order valence-corrected chi connectivity index (χ4v) is 25.4. The molecule has 0 saturated carbocycles. The summed E-state index contributed by atoms with van der Waals surface area (Å²) >= 11 is 0. The van der Waals surface area contributed by atoms with Gasteiger partial charge in [-0.1, -0.05) is 248 Å². The van der Waals surface area contributed by atoms with E-state index in [2.05, 4.69) is 305 Å². The van der Waals surface area contributed by atoms with Gasteiger partial charge < -0.3 is 14.0 Å². The zero-order chi connectivity index (χ0) is 51.1. The van der Waals surface area contributed by atoms with Gasteiger partial charge >= 0.3 is 0 Å². The Morgan fingerprint density at radius 1 is 0.256 bits per heavy atom. The van der Waals surface area contributed by atoms with E-state index in [0.717, 1.165) is 0 Å². The minimum atomic E-state index is -3.28. The number of anilines is 3. The minimum Gasteiger partial charge on any atom is -0.312 e. The second kappa shape index (κ2) is 16.5. The van der Waals surface area contributed by atoms with Crippen LogP contribution in [0.5, 0.6) is 0 Å². The van der Waals surface area contributed by atoms with Crippen molar-refractivity contribution >= 4 is 141 Å². The summed E-state index contributed by atoms with van der Waals surface area (Å²) in [5.41, 5.74) is 15.1. The van der Waals surface area contributed by atoms with Crippen LogP contribution in [0.3, 0.4) is 0 Å². The molecule has 3 aliphatic rings. The molecule has 3 aliphatic heterocycles. The zero-order valence-corrected chi connectivity index (χ0v) is 44.6. The number of benzene rings is 12. The molecule has 0 aliphatic carbocycles. The largest absolute Gasteiger partial charge is 0.312 e. The summed E-state index contributed by atoms with van der Waals surface area (Å²) in [4.78, 5) is 2.82. The van der Waals surface area contributed by atoms with Crippen molar-refractivity contribution in [3.8, 4) is 11.4 Å². The van der Waals surface area contributed by atoms with Gasteiger partial charge in [0.05, 0.1) is 22.1 Å². The lowest BCUT2D eigenvalue weighted by Gasteiger charge is -2.55. The van der Waals surface area contributed by atoms with Crippen molar-refractivity contribution in [3.63, 3.8) is 0 Å². The molecule has 0 bridgehead atoms. The summed E-state index contributed by atoms with van der Waals surface area (Å²) in [5.74, 6) is 0. The minimum absolute atomic E-state index is 0.144. The Labute approximate surface area is 455 Å². The maximum absolute atomic E-state index is 3.28. The molecule has 0 amide bonds. The number of aromatic nitrogens is 2. The van der Waals surface area contributed by atoms with E-state index in [4.69, 9.17) is 0 Å². The van der Waals surface area contributed by atoms with Crippen LogP contribution in [-0.4, -0.2) is 32.0 Å². The molecule has 0 unspecified atom stereocenters. The third kappa shape index (κ3) is 5.67. The van der Waals surface area contributed by atoms with Gasteiger partial charge in [0.25, 0.3) is 0 Å². The molecule has 0 saturated heterocycles. The van der Waals surface area contributed by atoms with E-state index < -0.39 is 16.1 Å². The number of hydrogen-bond acceptors (Lipinski definition) is 1. The van der Waals surface area contributed by atoms with Gasteiger partial charge in [-0.2, -0.15) is 0 Å². The summed E-state index contributed by atoms with van der Waals surface area (Å²) in [7, 11) is -6.56. The Kier molecular flexibility index (Phi) is 9.26. The predicted molar refractivity (Wildman–Crippen MR) is 335 cm³/mol. The summed E-state index contributed by atoms with van der Waals surface area (Å²) in [6.07, 6.45) is 0. The molecule has 362 valence electrons. The molecule has 0 spiro atoms. The highest BCUT2D eigenvalue weighted by Gasteiger charge is 2.59. The van der Waals surface area contributed by atoms with E-state index in [9.17, 15) is 0 Å². The highest BCUT2D eigenvalue weighted by Crippen LogP contribution is 2.45. The molecule has 14 aromatic rings. The fourth-order valence-electron chi connectivity index (χ4n) is 15.0. The standard InChI is InChI=1S/C72H48BN3Si2/c1-6-25-49(26-7-1)73-60-45-50(74-62-39-20-16-35-56(62)57-36-17-21-40-63(57)74)47-68-70(60)76-71-61(73)46-51(75-64-41-22-18-37-58(64)59-38-19-23-42-65(59)75)48-69(71)78(54-31-12-4-13-32-54,55-33-14-5-15-34-55)67-44-24-43-66(72(67)76)77(68,52-27-8-2-9-28-52)53-29-10-3-11-30-53/h1-48H. The summed E-state index contributed by atoms with van der Waals surface area (Å²) in [5, 5.41) is 16.2. The summed E-state index contributed by atoms with van der Waals surface area (Å²) in [6, 6.07) is 112. The molecule has 12 aromatic carbocycles. The average Bonchev–Trinajstić information content (AvgIpc) is 4.14. The van der Waals surface area contributed by atoms with Gasteiger partial charge in [-0.3, -0.25) is 0 Å². The van der Waals surface area contributed by atoms with Crippen LogP contribution in [0, 0.1) is 0 Å². The Morgan fingerprint density at radius 3 is 0.910 bits per heavy atom. The quantitative estimate of drug-likeness (QED) is 0.145. The second-order valence-electron chi connectivity index (χ2n) is 21.4. The molecule has 3 nitrogen and oxygen atoms in total. The Morgan fingerprint density at radius 2 is 0.564 bits per heavy atom. The molecule has 17 rings (SSSR count). The summed E-state index contributed by atoms with van der Waals surface area (Å²) in [6.45, 7) is -0.144. The van der Waals surface area contributed by atoms with Gasteiger partial charge in [0.15, 0.2) is 16.1 Å². The SMILES string of the molecule is c1ccc(B2c3cc(-n4c5ccccc5c5ccccc54)cc4c3N3c5c2cc(-n2c6ccccc6c6ccccc62)cc5[Si](c2ccccc2)(c2ccccc2)c2cccc(c23)[Si]4(c2ccccc2)c2ccccc2)cc1. The van der Waals surface area contributed by atoms with Crippen molar-refractivity contribution in [3.05, 3.63) is 291 Å². The van der Waals surface area contributed by atoms with Crippen molar-refractivity contribution in [1.29, 1.82) is 0 Å². The number of hydrogen-bond donors (Lipinski definition) is 0. The van der Waals surface area contributed by atoms with E-state index in [1.54, 1.807) is 0 Å². The first-order valence-electron chi connectivity index (χ1n) is 27.3. The van der Waals surface area contributed by atoms with Crippen molar-refractivity contribution in [2.75, 3.05) is 4.90 Å². The first kappa shape index (κ1) is 43.7. The van der Waals surface area contributed by atoms with Gasteiger partial charge in [0.1, 0.15) is 0 Å². The van der Waals surface area contributed by atoms with E-state index in [0.29, 0.717) is 0 Å². The van der Waals surface area contributed by atoms with Crippen molar-refractivity contribution in [1.82, 2.24) is 9.13 Å². The van der Waals surface area contributed by atoms with Crippen LogP contribution in [-0.2, 0) is 0 Å². The number of para-hydroxylation sites is 5. The van der Waals surface area contributed by atoms with E-state index in [1.807, 2.05) is 0 Å². The summed E-state index contributed by atoms with van der Waals surface area (Å²) < 4.78 is 5.14. The van der Waals surface area contributed by atoms with Crippen molar-refractivity contribution in [2.45, 2.75) is 0 Å². The van der Waals surface area contributed by atoms with E-state index >= 15 is 0 Å². The monoisotopic (exact) mass is 1020 g/mol. The smallest absolute Gasteiger partial charge is 0.246 e. The topological polar surface area (TPSA) is 13.1 Å². The van der Waals surface area contributed by atoms with E-state index in [-0.39, 0.29) is 6.71 Å². The fraction of sp³-hybridized carbons (Fsp3) is 0. The highest BCUT2D eigenvalue weighted by molar-refractivity contribution is 7.25.